The van der Waals surface area contributed by atoms with E-state index in [2.05, 4.69) is 120 Å². The molecular formula is C68H80N2O6S2. The lowest BCUT2D eigenvalue weighted by molar-refractivity contribution is 0.0597. The molecule has 9 aromatic rings. The number of thiophene rings is 2. The fourth-order valence-corrected chi connectivity index (χ4v) is 13.6. The second-order valence-electron chi connectivity index (χ2n) is 21.1. The number of rotatable bonds is 30. The van der Waals surface area contributed by atoms with Crippen LogP contribution in [0.25, 0.3) is 86.7 Å². The van der Waals surface area contributed by atoms with Crippen molar-refractivity contribution in [3.8, 4) is 54.6 Å². The molecule has 0 radical (unpaired) electrons. The van der Waals surface area contributed by atoms with Crippen LogP contribution in [-0.4, -0.2) is 49.5 Å². The van der Waals surface area contributed by atoms with Crippen molar-refractivity contribution in [3.63, 3.8) is 0 Å². The first-order valence-electron chi connectivity index (χ1n) is 29.1. The Morgan fingerprint density at radius 1 is 0.397 bits per heavy atom. The van der Waals surface area contributed by atoms with E-state index in [4.69, 9.17) is 18.9 Å². The number of ether oxygens (including phenoxy) is 4. The SMILES string of the molecule is CCCCCCCCCCCCn1c2ccc(-c3ccc(C(=O)OC)s3)cc2c2c(-c3ccc(OC)cc3)c3c(c(-c4ccc(OC)cc4)c21)c1cc(-c2ccc(C(=O)OC)s2)ccc1n3CCCCCCCCCCCC. The van der Waals surface area contributed by atoms with Gasteiger partial charge in [0, 0.05) is 66.5 Å². The molecule has 0 unspecified atom stereocenters. The van der Waals surface area contributed by atoms with Crippen LogP contribution in [0.4, 0.5) is 0 Å². The van der Waals surface area contributed by atoms with E-state index in [1.807, 2.05) is 12.1 Å². The summed E-state index contributed by atoms with van der Waals surface area (Å²) in [4.78, 5) is 28.9. The fourth-order valence-electron chi connectivity index (χ4n) is 11.7. The first-order valence-corrected chi connectivity index (χ1v) is 30.7. The highest BCUT2D eigenvalue weighted by atomic mass is 32.1. The Morgan fingerprint density at radius 2 is 0.731 bits per heavy atom. The van der Waals surface area contributed by atoms with Crippen molar-refractivity contribution in [1.82, 2.24) is 9.13 Å². The van der Waals surface area contributed by atoms with Crippen LogP contribution in [0.1, 0.15) is 162 Å². The highest BCUT2D eigenvalue weighted by Crippen LogP contribution is 2.52. The van der Waals surface area contributed by atoms with Crippen LogP contribution in [0.15, 0.2) is 109 Å². The van der Waals surface area contributed by atoms with Crippen molar-refractivity contribution in [2.75, 3.05) is 28.4 Å². The van der Waals surface area contributed by atoms with Crippen LogP contribution < -0.4 is 9.47 Å². The van der Waals surface area contributed by atoms with Gasteiger partial charge in [-0.3, -0.25) is 0 Å². The number of benzene rings is 5. The Labute approximate surface area is 470 Å². The number of methoxy groups -OCH3 is 4. The van der Waals surface area contributed by atoms with Gasteiger partial charge in [-0.2, -0.15) is 0 Å². The van der Waals surface area contributed by atoms with E-state index >= 15 is 0 Å². The predicted octanol–water partition coefficient (Wildman–Crippen LogP) is 20.1. The first kappa shape index (κ1) is 56.4. The monoisotopic (exact) mass is 1080 g/mol. The second kappa shape index (κ2) is 27.5. The lowest BCUT2D eigenvalue weighted by Crippen LogP contribution is -2.02. The maximum atomic E-state index is 12.9. The minimum atomic E-state index is -0.324. The summed E-state index contributed by atoms with van der Waals surface area (Å²) in [6.07, 6.45) is 25.2. The van der Waals surface area contributed by atoms with Gasteiger partial charge in [-0.15, -0.1) is 22.7 Å². The molecule has 0 N–H and O–H groups in total. The molecule has 0 amide bonds. The summed E-state index contributed by atoms with van der Waals surface area (Å²) in [6.45, 7) is 6.28. The number of nitrogens with zero attached hydrogens (tertiary/aromatic N) is 2. The molecule has 0 aliphatic rings. The first-order chi connectivity index (χ1) is 38.3. The molecule has 5 aromatic carbocycles. The lowest BCUT2D eigenvalue weighted by Gasteiger charge is -2.19. The zero-order chi connectivity index (χ0) is 54.4. The highest BCUT2D eigenvalue weighted by molar-refractivity contribution is 7.17. The second-order valence-corrected chi connectivity index (χ2v) is 23.3. The Hall–Kier alpha value is -6.36. The Balaban J connectivity index is 1.32. The third-order valence-electron chi connectivity index (χ3n) is 15.9. The Kier molecular flexibility index (Phi) is 19.9. The van der Waals surface area contributed by atoms with Gasteiger partial charge in [0.05, 0.1) is 39.5 Å². The smallest absolute Gasteiger partial charge is 0.348 e. The average Bonchev–Trinajstić information content (AvgIpc) is 4.37. The van der Waals surface area contributed by atoms with Gasteiger partial charge in [-0.05, 0) is 108 Å². The van der Waals surface area contributed by atoms with Gasteiger partial charge < -0.3 is 28.1 Å². The van der Waals surface area contributed by atoms with Crippen molar-refractivity contribution in [1.29, 1.82) is 0 Å². The van der Waals surface area contributed by atoms with Crippen molar-refractivity contribution < 1.29 is 28.5 Å². The van der Waals surface area contributed by atoms with Crippen molar-refractivity contribution in [2.45, 2.75) is 155 Å². The summed E-state index contributed by atoms with van der Waals surface area (Å²) in [7, 11) is 6.35. The number of fused-ring (bicyclic) bond motifs is 6. The zero-order valence-corrected chi connectivity index (χ0v) is 48.7. The van der Waals surface area contributed by atoms with E-state index in [0.717, 1.165) is 82.3 Å². The minimum absolute atomic E-state index is 0.324. The van der Waals surface area contributed by atoms with Gasteiger partial charge >= 0.3 is 11.9 Å². The fraction of sp³-hybridized carbons (Fsp3) is 0.412. The third kappa shape index (κ3) is 12.6. The summed E-state index contributed by atoms with van der Waals surface area (Å²) in [5.74, 6) is 0.970. The van der Waals surface area contributed by atoms with Gasteiger partial charge in [0.2, 0.25) is 0 Å². The van der Waals surface area contributed by atoms with Crippen LogP contribution in [0.3, 0.4) is 0 Å². The number of carbonyl (C=O) groups excluding carboxylic acids is 2. The summed E-state index contributed by atoms with van der Waals surface area (Å²) in [5.41, 5.74) is 11.5. The van der Waals surface area contributed by atoms with E-state index in [9.17, 15) is 9.59 Å². The van der Waals surface area contributed by atoms with Gasteiger partial charge in [0.1, 0.15) is 21.3 Å². The molecule has 9 rings (SSSR count). The van der Waals surface area contributed by atoms with Gasteiger partial charge in [0.25, 0.3) is 0 Å². The third-order valence-corrected chi connectivity index (χ3v) is 18.1. The molecule has 0 saturated carbocycles. The lowest BCUT2D eigenvalue weighted by atomic mass is 9.89. The van der Waals surface area contributed by atoms with Gasteiger partial charge in [-0.25, -0.2) is 9.59 Å². The van der Waals surface area contributed by atoms with Crippen molar-refractivity contribution >= 4 is 78.2 Å². The molecule has 410 valence electrons. The van der Waals surface area contributed by atoms with E-state index in [-0.39, 0.29) is 11.9 Å². The summed E-state index contributed by atoms with van der Waals surface area (Å²) in [6, 6.07) is 39.1. The molecule has 4 aromatic heterocycles. The number of aromatic nitrogens is 2. The van der Waals surface area contributed by atoms with Crippen LogP contribution in [0.5, 0.6) is 11.5 Å². The maximum absolute atomic E-state index is 12.9. The molecule has 0 spiro atoms. The van der Waals surface area contributed by atoms with Crippen LogP contribution in [-0.2, 0) is 22.6 Å². The Morgan fingerprint density at radius 3 is 1.06 bits per heavy atom. The summed E-state index contributed by atoms with van der Waals surface area (Å²) < 4.78 is 27.3. The number of aryl methyl sites for hydroxylation is 2. The molecule has 4 heterocycles. The largest absolute Gasteiger partial charge is 0.497 e. The molecule has 78 heavy (non-hydrogen) atoms. The minimum Gasteiger partial charge on any atom is -0.497 e. The van der Waals surface area contributed by atoms with E-state index in [0.29, 0.717) is 9.75 Å². The zero-order valence-electron chi connectivity index (χ0n) is 47.1. The molecule has 0 fully saturated rings. The number of esters is 2. The van der Waals surface area contributed by atoms with Gasteiger partial charge in [-0.1, -0.05) is 166 Å². The normalized spacial score (nSPS) is 11.7. The van der Waals surface area contributed by atoms with E-state index in [1.165, 1.54) is 194 Å². The van der Waals surface area contributed by atoms with Crippen molar-refractivity contribution in [2.24, 2.45) is 0 Å². The number of hydrogen-bond acceptors (Lipinski definition) is 8. The number of unbranched alkanes of at least 4 members (excludes halogenated alkanes) is 18. The number of carbonyl (C=O) groups is 2. The number of hydrogen-bond donors (Lipinski definition) is 0. The quantitative estimate of drug-likeness (QED) is 0.0330. The molecule has 10 heteroatoms. The Bertz CT molecular complexity index is 3200. The van der Waals surface area contributed by atoms with Crippen LogP contribution in [0, 0.1) is 0 Å². The molecule has 0 aliphatic heterocycles. The topological polar surface area (TPSA) is 80.9 Å². The average molecular weight is 1090 g/mol. The molecule has 0 aliphatic carbocycles. The van der Waals surface area contributed by atoms with Gasteiger partial charge in [0.15, 0.2) is 0 Å². The van der Waals surface area contributed by atoms with Crippen molar-refractivity contribution in [3.05, 3.63) is 119 Å². The van der Waals surface area contributed by atoms with Crippen LogP contribution >= 0.6 is 22.7 Å². The van der Waals surface area contributed by atoms with E-state index in [1.54, 1.807) is 14.2 Å². The summed E-state index contributed by atoms with van der Waals surface area (Å²) >= 11 is 2.94. The highest BCUT2D eigenvalue weighted by Gasteiger charge is 2.29. The molecular weight excluding hydrogens is 1000 g/mol. The maximum Gasteiger partial charge on any atom is 0.348 e. The summed E-state index contributed by atoms with van der Waals surface area (Å²) in [5, 5.41) is 4.77. The van der Waals surface area contributed by atoms with Crippen LogP contribution in [0.2, 0.25) is 0 Å². The van der Waals surface area contributed by atoms with E-state index < -0.39 is 0 Å². The standard InChI is InChI=1S/C68H80N2O6S2/c1-7-9-11-13-15-17-19-21-23-25-43-69-55-37-31-49(57-39-41-59(77-57)67(71)75-5)45-53(55)63-62(48-29-35-52(74-4)36-30-48)66-64(61(65(63)69)47-27-33-51(73-3)34-28-47)54-46-50(58-40-42-60(78-58)68(72)76-6)32-38-56(54)70(66)44-26-24-22-20-18-16-14-12-10-8-2/h27-42,45-46H,7-26,43-44H2,1-6H3. The molecule has 0 bridgehead atoms. The molecule has 0 saturated heterocycles. The molecule has 8 nitrogen and oxygen atoms in total. The predicted molar refractivity (Wildman–Crippen MR) is 329 cm³/mol. The molecule has 0 atom stereocenters.